The molecule has 0 aromatic heterocycles. The minimum atomic E-state index is 0. The third-order valence-corrected chi connectivity index (χ3v) is 4.40. The van der Waals surface area contributed by atoms with Gasteiger partial charge in [0.25, 0.3) is 0 Å². The standard InChI is InChI=1S/C24H35N2.C2H6.Rf/c1-7-11-12-19-26(24(13-8-2)14-9-3)21(5)20-22-15-17-23(18-16-22)25(6)10-4;1-2;/h8,13-18H,4-5,7,9,11-12,19-20H2,1-3,6H3;1-2H3;/q-1;;/b13-8-,24-14+;;. The van der Waals surface area contributed by atoms with Crippen LogP contribution in [0.2, 0.25) is 0 Å². The van der Waals surface area contributed by atoms with Crippen LogP contribution in [-0.4, -0.2) is 18.5 Å². The summed E-state index contributed by atoms with van der Waals surface area (Å²) in [5.74, 6) is 0. The largest absolute Gasteiger partial charge is 0.514 e. The first-order valence-corrected chi connectivity index (χ1v) is 10.7. The van der Waals surface area contributed by atoms with E-state index in [-0.39, 0.29) is 0 Å². The maximum Gasteiger partial charge on any atom is 0.0364 e. The molecule has 0 aliphatic rings. The summed E-state index contributed by atoms with van der Waals surface area (Å²) in [5, 5.41) is 0. The van der Waals surface area contributed by atoms with Crippen molar-refractivity contribution in [3.63, 3.8) is 0 Å². The van der Waals surface area contributed by atoms with Crippen LogP contribution in [0, 0.1) is 6.20 Å². The molecule has 29 heavy (non-hydrogen) atoms. The summed E-state index contributed by atoms with van der Waals surface area (Å²) in [6.45, 7) is 19.6. The summed E-state index contributed by atoms with van der Waals surface area (Å²) < 4.78 is 0. The van der Waals surface area contributed by atoms with Gasteiger partial charge in [0.2, 0.25) is 0 Å². The number of allylic oxidation sites excluding steroid dienone is 4. The van der Waals surface area contributed by atoms with E-state index in [1.165, 1.54) is 30.5 Å². The zero-order valence-electron chi connectivity index (χ0n) is 19.8. The minimum Gasteiger partial charge on any atom is -0.514 e. The van der Waals surface area contributed by atoms with Gasteiger partial charge in [-0.05, 0) is 38.5 Å². The van der Waals surface area contributed by atoms with Crippen LogP contribution in [0.5, 0.6) is 0 Å². The van der Waals surface area contributed by atoms with Gasteiger partial charge in [0, 0.05) is 24.4 Å². The average Bonchev–Trinajstić information content (AvgIpc) is 2.72. The SMILES string of the molecule is C=[C-]N(C)c1ccc(CC(=C)N(CCCCC)C(/C=C\C)=C/CC)cc1.CC.[Rf]. The summed E-state index contributed by atoms with van der Waals surface area (Å²) in [5.41, 5.74) is 4.77. The van der Waals surface area contributed by atoms with E-state index in [4.69, 9.17) is 0 Å². The number of hydrogen-bond acceptors (Lipinski definition) is 2. The zero-order valence-corrected chi connectivity index (χ0v) is 26.2. The Hall–Kier alpha value is -3.22. The first kappa shape index (κ1) is 28.0. The molecule has 0 N–H and O–H groups in total. The van der Waals surface area contributed by atoms with Crippen LogP contribution in [0.4, 0.5) is 5.69 Å². The molecule has 2 nitrogen and oxygen atoms in total. The van der Waals surface area contributed by atoms with Gasteiger partial charge >= 0.3 is 0 Å². The molecule has 1 rings (SSSR count). The fourth-order valence-electron chi connectivity index (χ4n) is 2.90. The Balaban J connectivity index is 0. The monoisotopic (exact) mass is 648 g/mol. The van der Waals surface area contributed by atoms with E-state index in [1.54, 1.807) is 0 Å². The first-order valence-electron chi connectivity index (χ1n) is 10.7. The number of anilines is 1. The molecule has 0 saturated carbocycles. The van der Waals surface area contributed by atoms with Crippen molar-refractivity contribution >= 4 is 5.69 Å². The van der Waals surface area contributed by atoms with Crippen LogP contribution >= 0.6 is 0 Å². The third-order valence-electron chi connectivity index (χ3n) is 4.40. The topological polar surface area (TPSA) is 6.48 Å². The molecule has 0 unspecified atom stereocenters. The molecule has 0 aliphatic heterocycles. The van der Waals surface area contributed by atoms with Crippen molar-refractivity contribution in [2.24, 2.45) is 0 Å². The molecule has 0 aliphatic carbocycles. The normalized spacial score (nSPS) is 10.6. The zero-order chi connectivity index (χ0) is 21.4. The second kappa shape index (κ2) is 16.9. The molecule has 1 aromatic rings. The predicted octanol–water partition coefficient (Wildman–Crippen LogP) is 7.51. The molecule has 1 aromatic carbocycles. The van der Waals surface area contributed by atoms with Crippen molar-refractivity contribution in [1.29, 1.82) is 0 Å². The van der Waals surface area contributed by atoms with Crippen molar-refractivity contribution in [1.82, 2.24) is 4.90 Å². The van der Waals surface area contributed by atoms with Gasteiger partial charge in [-0.2, -0.15) is 12.8 Å². The first-order chi connectivity index (χ1) is 13.6. The summed E-state index contributed by atoms with van der Waals surface area (Å²) >= 11 is 0. The molecular weight excluding hydrogens is 607 g/mol. The fourth-order valence-corrected chi connectivity index (χ4v) is 2.90. The van der Waals surface area contributed by atoms with Crippen molar-refractivity contribution in [3.05, 3.63) is 78.8 Å². The maximum absolute atomic E-state index is 4.41. The van der Waals surface area contributed by atoms with Crippen LogP contribution in [0.3, 0.4) is 0 Å². The Morgan fingerprint density at radius 3 is 2.21 bits per heavy atom. The van der Waals surface area contributed by atoms with Gasteiger partial charge in [-0.25, -0.2) is 0 Å². The smallest absolute Gasteiger partial charge is 0.0364 e. The Morgan fingerprint density at radius 2 is 1.72 bits per heavy atom. The molecule has 0 saturated heterocycles. The number of nitrogens with zero attached hydrogens (tertiary/aromatic N) is 2. The van der Waals surface area contributed by atoms with Gasteiger partial charge in [-0.15, -0.1) is 17.8 Å². The molecule has 0 radical (unpaired) electrons. The quantitative estimate of drug-likeness (QED) is 0.100. The van der Waals surface area contributed by atoms with Gasteiger partial charge in [-0.1, -0.05) is 71.4 Å². The van der Waals surface area contributed by atoms with Crippen molar-refractivity contribution in [2.75, 3.05) is 18.5 Å². The summed E-state index contributed by atoms with van der Waals surface area (Å²) in [7, 11) is 1.95. The van der Waals surface area contributed by atoms with Crippen LogP contribution in [0.1, 0.15) is 65.9 Å². The predicted molar refractivity (Wildman–Crippen MR) is 127 cm³/mol. The molecule has 0 atom stereocenters. The van der Waals surface area contributed by atoms with Crippen LogP contribution in [0.25, 0.3) is 0 Å². The summed E-state index contributed by atoms with van der Waals surface area (Å²) in [6.07, 6.45) is 15.0. The molecule has 0 heterocycles. The van der Waals surface area contributed by atoms with E-state index < -0.39 is 0 Å². The minimum absolute atomic E-state index is 0. The van der Waals surface area contributed by atoms with Gasteiger partial charge in [0.1, 0.15) is 0 Å². The molecule has 0 spiro atoms. The van der Waals surface area contributed by atoms with Crippen molar-refractivity contribution < 1.29 is 0 Å². The fraction of sp³-hybridized carbons (Fsp3) is 0.462. The molecule has 3 heteroatoms. The Bertz CT molecular complexity index is 614. The van der Waals surface area contributed by atoms with E-state index in [9.17, 15) is 0 Å². The van der Waals surface area contributed by atoms with E-state index in [0.717, 1.165) is 30.8 Å². The van der Waals surface area contributed by atoms with Gasteiger partial charge < -0.3 is 9.80 Å². The van der Waals surface area contributed by atoms with E-state index >= 15 is 0 Å². The van der Waals surface area contributed by atoms with Crippen molar-refractivity contribution in [2.45, 2.75) is 66.7 Å². The summed E-state index contributed by atoms with van der Waals surface area (Å²) in [4.78, 5) is 4.28. The van der Waals surface area contributed by atoms with E-state index in [2.05, 4.69) is 87.5 Å². The van der Waals surface area contributed by atoms with Gasteiger partial charge in [0.15, 0.2) is 0 Å². The molecule has 158 valence electrons. The summed E-state index contributed by atoms with van der Waals surface area (Å²) in [6, 6.07) is 8.54. The van der Waals surface area contributed by atoms with Gasteiger partial charge in [0.05, 0.1) is 0 Å². The number of rotatable bonds is 12. The van der Waals surface area contributed by atoms with Crippen LogP contribution in [-0.2, 0) is 6.42 Å². The number of unbranched alkanes of at least 4 members (excludes halogenated alkanes) is 2. The molecule has 0 amide bonds. The second-order valence-electron chi connectivity index (χ2n) is 6.52. The molecular formula is C26H41N2Rf-. The van der Waals surface area contributed by atoms with Crippen LogP contribution < -0.4 is 4.90 Å². The number of hydrogen-bond donors (Lipinski definition) is 0. The Kier molecular flexibility index (Phi) is 16.3. The Morgan fingerprint density at radius 1 is 1.10 bits per heavy atom. The van der Waals surface area contributed by atoms with E-state index in [0.29, 0.717) is 0 Å². The van der Waals surface area contributed by atoms with E-state index in [1.807, 2.05) is 25.8 Å². The molecule has 0 fully saturated rings. The molecule has 0 bridgehead atoms. The average molecular weight is 649 g/mol. The van der Waals surface area contributed by atoms with Crippen molar-refractivity contribution in [3.8, 4) is 0 Å². The third kappa shape index (κ3) is 10.0. The Labute approximate surface area is 174 Å². The van der Waals surface area contributed by atoms with Gasteiger partial charge in [-0.3, -0.25) is 0 Å². The van der Waals surface area contributed by atoms with Crippen LogP contribution in [0.15, 0.2) is 67.0 Å². The number of benzene rings is 1. The maximum atomic E-state index is 4.41. The second-order valence-corrected chi connectivity index (χ2v) is 6.52.